The molecule has 0 bridgehead atoms. The second-order valence-corrected chi connectivity index (χ2v) is 5.32. The molecule has 0 atom stereocenters. The lowest BCUT2D eigenvalue weighted by Crippen LogP contribution is -2.24. The topological polar surface area (TPSA) is 47.9 Å². The van der Waals surface area contributed by atoms with E-state index in [9.17, 15) is 18.0 Å². The standard InChI is InChI=1S/C16H18F3NO3/c1-20-14(16(17,18)19)11-7-9-13(10-8-11)23-15(21)22-12-5-3-2-4-6-12/h7-10,12H,2-6H2,1H3. The summed E-state index contributed by atoms with van der Waals surface area (Å²) in [4.78, 5) is 14.9. The van der Waals surface area contributed by atoms with Crippen molar-refractivity contribution < 1.29 is 27.4 Å². The highest BCUT2D eigenvalue weighted by molar-refractivity contribution is 6.04. The quantitative estimate of drug-likeness (QED) is 0.465. The number of carbonyl (C=O) groups is 1. The first-order chi connectivity index (χ1) is 10.9. The van der Waals surface area contributed by atoms with E-state index in [-0.39, 0.29) is 17.4 Å². The summed E-state index contributed by atoms with van der Waals surface area (Å²) in [7, 11) is 1.08. The molecule has 0 aliphatic heterocycles. The lowest BCUT2D eigenvalue weighted by Gasteiger charge is -2.21. The second kappa shape index (κ2) is 7.48. The number of benzene rings is 1. The first kappa shape index (κ1) is 17.3. The van der Waals surface area contributed by atoms with Crippen LogP contribution in [-0.2, 0) is 4.74 Å². The van der Waals surface area contributed by atoms with Gasteiger partial charge in [-0.1, -0.05) is 6.42 Å². The summed E-state index contributed by atoms with van der Waals surface area (Å²) in [6.45, 7) is 0. The molecule has 0 saturated heterocycles. The fourth-order valence-corrected chi connectivity index (χ4v) is 2.54. The van der Waals surface area contributed by atoms with Crippen molar-refractivity contribution in [1.82, 2.24) is 0 Å². The van der Waals surface area contributed by atoms with Crippen molar-refractivity contribution in [3.05, 3.63) is 29.8 Å². The van der Waals surface area contributed by atoms with Gasteiger partial charge in [0.15, 0.2) is 0 Å². The number of nitrogens with zero attached hydrogens (tertiary/aromatic N) is 1. The first-order valence-corrected chi connectivity index (χ1v) is 7.43. The Bertz CT molecular complexity index is 561. The average Bonchev–Trinajstić information content (AvgIpc) is 2.49. The Balaban J connectivity index is 1.95. The van der Waals surface area contributed by atoms with E-state index in [1.807, 2.05) is 0 Å². The van der Waals surface area contributed by atoms with Crippen LogP contribution < -0.4 is 4.74 Å². The number of hydrogen-bond donors (Lipinski definition) is 0. The third-order valence-electron chi connectivity index (χ3n) is 3.64. The first-order valence-electron chi connectivity index (χ1n) is 7.43. The smallest absolute Gasteiger partial charge is 0.431 e. The maximum absolute atomic E-state index is 12.7. The summed E-state index contributed by atoms with van der Waals surface area (Å²) in [5.41, 5.74) is -1.07. The lowest BCUT2D eigenvalue weighted by atomic mass is 9.98. The summed E-state index contributed by atoms with van der Waals surface area (Å²) in [6, 6.07) is 4.99. The number of ether oxygens (including phenoxy) is 2. The van der Waals surface area contributed by atoms with Crippen molar-refractivity contribution in [3.63, 3.8) is 0 Å². The zero-order chi connectivity index (χ0) is 16.9. The number of carbonyl (C=O) groups excluding carboxylic acids is 1. The molecule has 0 amide bonds. The van der Waals surface area contributed by atoms with Gasteiger partial charge < -0.3 is 9.47 Å². The van der Waals surface area contributed by atoms with Gasteiger partial charge in [-0.25, -0.2) is 4.79 Å². The van der Waals surface area contributed by atoms with Gasteiger partial charge >= 0.3 is 12.3 Å². The van der Waals surface area contributed by atoms with Crippen molar-refractivity contribution in [2.45, 2.75) is 44.4 Å². The van der Waals surface area contributed by atoms with Gasteiger partial charge in [0.25, 0.3) is 0 Å². The molecule has 1 fully saturated rings. The molecular formula is C16H18F3NO3. The maximum Gasteiger partial charge on any atom is 0.514 e. The van der Waals surface area contributed by atoms with Crippen LogP contribution in [-0.4, -0.2) is 31.2 Å². The molecule has 1 aliphatic rings. The van der Waals surface area contributed by atoms with E-state index < -0.39 is 18.0 Å². The van der Waals surface area contributed by atoms with Crippen LogP contribution in [0.1, 0.15) is 37.7 Å². The molecule has 0 aromatic heterocycles. The zero-order valence-electron chi connectivity index (χ0n) is 12.7. The summed E-state index contributed by atoms with van der Waals surface area (Å²) in [6.07, 6.45) is -0.698. The van der Waals surface area contributed by atoms with Crippen LogP contribution in [0.3, 0.4) is 0 Å². The molecule has 0 heterocycles. The predicted octanol–water partition coefficient (Wildman–Crippen LogP) is 4.52. The summed E-state index contributed by atoms with van der Waals surface area (Å²) in [5, 5.41) is 0. The van der Waals surface area contributed by atoms with Gasteiger partial charge in [0.05, 0.1) is 0 Å². The average molecular weight is 329 g/mol. The van der Waals surface area contributed by atoms with Crippen LogP contribution in [0.4, 0.5) is 18.0 Å². The number of alkyl halides is 3. The monoisotopic (exact) mass is 329 g/mol. The van der Waals surface area contributed by atoms with E-state index in [1.54, 1.807) is 0 Å². The SMILES string of the molecule is CN=C(c1ccc(OC(=O)OC2CCCCC2)cc1)C(F)(F)F. The van der Waals surface area contributed by atoms with Crippen molar-refractivity contribution in [3.8, 4) is 5.75 Å². The van der Waals surface area contributed by atoms with Crippen molar-refractivity contribution in [1.29, 1.82) is 0 Å². The Kier molecular flexibility index (Phi) is 5.63. The Morgan fingerprint density at radius 2 is 1.74 bits per heavy atom. The second-order valence-electron chi connectivity index (χ2n) is 5.32. The Labute approximate surface area is 132 Å². The van der Waals surface area contributed by atoms with E-state index in [4.69, 9.17) is 9.47 Å². The fraction of sp³-hybridized carbons (Fsp3) is 0.500. The third-order valence-corrected chi connectivity index (χ3v) is 3.64. The van der Waals surface area contributed by atoms with E-state index in [1.165, 1.54) is 24.3 Å². The molecule has 4 nitrogen and oxygen atoms in total. The minimum atomic E-state index is -4.53. The van der Waals surface area contributed by atoms with Crippen LogP contribution in [0.15, 0.2) is 29.3 Å². The highest BCUT2D eigenvalue weighted by atomic mass is 19.4. The molecule has 1 aromatic carbocycles. The molecule has 7 heteroatoms. The van der Waals surface area contributed by atoms with E-state index >= 15 is 0 Å². The van der Waals surface area contributed by atoms with Gasteiger partial charge in [0.2, 0.25) is 0 Å². The zero-order valence-corrected chi connectivity index (χ0v) is 12.7. The van der Waals surface area contributed by atoms with Crippen LogP contribution in [0.25, 0.3) is 0 Å². The molecule has 1 aromatic rings. The fourth-order valence-electron chi connectivity index (χ4n) is 2.54. The number of hydrogen-bond acceptors (Lipinski definition) is 4. The molecule has 2 rings (SSSR count). The molecule has 23 heavy (non-hydrogen) atoms. The van der Waals surface area contributed by atoms with Gasteiger partial charge in [0, 0.05) is 12.6 Å². The molecule has 1 saturated carbocycles. The Hall–Kier alpha value is -2.05. The minimum Gasteiger partial charge on any atom is -0.431 e. The van der Waals surface area contributed by atoms with Crippen LogP contribution in [0.5, 0.6) is 5.75 Å². The molecule has 0 radical (unpaired) electrons. The minimum absolute atomic E-state index is 0.0898. The molecule has 0 unspecified atom stereocenters. The molecule has 1 aliphatic carbocycles. The van der Waals surface area contributed by atoms with E-state index in [0.717, 1.165) is 39.2 Å². The van der Waals surface area contributed by atoms with Gasteiger partial charge in [0.1, 0.15) is 17.6 Å². The van der Waals surface area contributed by atoms with Gasteiger partial charge in [-0.3, -0.25) is 4.99 Å². The largest absolute Gasteiger partial charge is 0.514 e. The van der Waals surface area contributed by atoms with Gasteiger partial charge in [-0.2, -0.15) is 13.2 Å². The van der Waals surface area contributed by atoms with Crippen LogP contribution >= 0.6 is 0 Å². The predicted molar refractivity (Wildman–Crippen MR) is 78.9 cm³/mol. The molecule has 0 N–H and O–H groups in total. The molecular weight excluding hydrogens is 311 g/mol. The van der Waals surface area contributed by atoms with Gasteiger partial charge in [-0.05, 0) is 49.9 Å². The lowest BCUT2D eigenvalue weighted by molar-refractivity contribution is -0.0581. The summed E-state index contributed by atoms with van der Waals surface area (Å²) >= 11 is 0. The number of aliphatic imine (C=N–C) groups is 1. The van der Waals surface area contributed by atoms with Crippen molar-refractivity contribution in [2.24, 2.45) is 4.99 Å². The summed E-state index contributed by atoms with van der Waals surface area (Å²) in [5.74, 6) is 0.132. The Morgan fingerprint density at radius 3 is 2.26 bits per heavy atom. The number of halogens is 3. The Morgan fingerprint density at radius 1 is 1.13 bits per heavy atom. The number of rotatable bonds is 3. The van der Waals surface area contributed by atoms with Gasteiger partial charge in [-0.15, -0.1) is 0 Å². The summed E-state index contributed by atoms with van der Waals surface area (Å²) < 4.78 is 48.4. The third kappa shape index (κ3) is 4.97. The normalized spacial score (nSPS) is 17.0. The maximum atomic E-state index is 12.7. The molecule has 126 valence electrons. The highest BCUT2D eigenvalue weighted by Crippen LogP contribution is 2.25. The van der Waals surface area contributed by atoms with E-state index in [2.05, 4.69) is 4.99 Å². The van der Waals surface area contributed by atoms with E-state index in [0.29, 0.717) is 0 Å². The van der Waals surface area contributed by atoms with Crippen molar-refractivity contribution >= 4 is 11.9 Å². The van der Waals surface area contributed by atoms with Crippen LogP contribution in [0, 0.1) is 0 Å². The van der Waals surface area contributed by atoms with Crippen LogP contribution in [0.2, 0.25) is 0 Å². The highest BCUT2D eigenvalue weighted by Gasteiger charge is 2.36. The molecule has 0 spiro atoms. The van der Waals surface area contributed by atoms with Crippen molar-refractivity contribution in [2.75, 3.05) is 7.05 Å².